The predicted molar refractivity (Wildman–Crippen MR) is 117 cm³/mol. The third-order valence-corrected chi connectivity index (χ3v) is 3.22. The largest absolute Gasteiger partial charge is 0.357 e. The lowest BCUT2D eigenvalue weighted by atomic mass is 10.2. The number of nitrogens with one attached hydrogen (secondary N) is 4. The van der Waals surface area contributed by atoms with Gasteiger partial charge >= 0.3 is 6.03 Å². The summed E-state index contributed by atoms with van der Waals surface area (Å²) in [7, 11) is 0. The van der Waals surface area contributed by atoms with Gasteiger partial charge in [0.1, 0.15) is 0 Å². The molecule has 2 amide bonds. The number of carbonyl (C=O) groups excluding carboxylic acids is 1. The van der Waals surface area contributed by atoms with E-state index in [-0.39, 0.29) is 36.0 Å². The minimum absolute atomic E-state index is 0. The van der Waals surface area contributed by atoms with Crippen LogP contribution in [-0.2, 0) is 6.54 Å². The average molecular weight is 461 g/mol. The molecule has 1 rings (SSSR count). The number of hydrogen-bond donors (Lipinski definition) is 4. The summed E-state index contributed by atoms with van der Waals surface area (Å²) in [5, 5.41) is 12.2. The van der Waals surface area contributed by atoms with Crippen LogP contribution >= 0.6 is 24.0 Å². The molecule has 0 saturated carbocycles. The molecular formula is C18H32IN5O. The second-order valence-corrected chi connectivity index (χ2v) is 5.93. The molecule has 0 unspecified atom stereocenters. The van der Waals surface area contributed by atoms with Crippen LogP contribution in [0, 0.1) is 0 Å². The summed E-state index contributed by atoms with van der Waals surface area (Å²) in [4.78, 5) is 16.2. The second kappa shape index (κ2) is 13.7. The van der Waals surface area contributed by atoms with Crippen LogP contribution < -0.4 is 21.3 Å². The molecule has 1 aromatic rings. The van der Waals surface area contributed by atoms with Crippen LogP contribution in [0.15, 0.2) is 29.3 Å². The summed E-state index contributed by atoms with van der Waals surface area (Å²) < 4.78 is 0. The van der Waals surface area contributed by atoms with Crippen molar-refractivity contribution < 1.29 is 4.79 Å². The van der Waals surface area contributed by atoms with Crippen molar-refractivity contribution in [3.63, 3.8) is 0 Å². The fourth-order valence-electron chi connectivity index (χ4n) is 2.02. The summed E-state index contributed by atoms with van der Waals surface area (Å²) in [5.74, 6) is 0.837. The molecule has 0 saturated heterocycles. The van der Waals surface area contributed by atoms with Gasteiger partial charge in [-0.15, -0.1) is 24.0 Å². The zero-order chi connectivity index (χ0) is 17.8. The van der Waals surface area contributed by atoms with Crippen molar-refractivity contribution in [2.75, 3.05) is 18.4 Å². The van der Waals surface area contributed by atoms with Gasteiger partial charge in [-0.25, -0.2) is 9.79 Å². The van der Waals surface area contributed by atoms with Crippen molar-refractivity contribution in [2.24, 2.45) is 4.99 Å². The third-order valence-electron chi connectivity index (χ3n) is 3.22. The Balaban J connectivity index is 0.00000576. The maximum Gasteiger partial charge on any atom is 0.319 e. The smallest absolute Gasteiger partial charge is 0.319 e. The van der Waals surface area contributed by atoms with Gasteiger partial charge in [0.25, 0.3) is 0 Å². The summed E-state index contributed by atoms with van der Waals surface area (Å²) in [6, 6.07) is 7.66. The molecule has 0 radical (unpaired) electrons. The Bertz CT molecular complexity index is 517. The number of carbonyl (C=O) groups is 1. The Morgan fingerprint density at radius 1 is 1.12 bits per heavy atom. The third kappa shape index (κ3) is 10.9. The number of halogens is 1. The molecule has 4 N–H and O–H groups in total. The van der Waals surface area contributed by atoms with Gasteiger partial charge in [0.05, 0.1) is 6.54 Å². The summed E-state index contributed by atoms with van der Waals surface area (Å²) in [6.45, 7) is 10.4. The molecule has 6 nitrogen and oxygen atoms in total. The van der Waals surface area contributed by atoms with E-state index in [1.807, 2.05) is 38.1 Å². The van der Waals surface area contributed by atoms with E-state index in [9.17, 15) is 4.79 Å². The predicted octanol–water partition coefficient (Wildman–Crippen LogP) is 3.69. The summed E-state index contributed by atoms with van der Waals surface area (Å²) >= 11 is 0. The molecule has 0 aliphatic carbocycles. The van der Waals surface area contributed by atoms with Gasteiger partial charge in [-0.05, 0) is 44.9 Å². The first-order valence-electron chi connectivity index (χ1n) is 8.73. The first kappa shape index (κ1) is 23.5. The average Bonchev–Trinajstić information content (AvgIpc) is 2.53. The monoisotopic (exact) mass is 461 g/mol. The molecule has 0 bridgehead atoms. The minimum atomic E-state index is -0.190. The molecular weight excluding hydrogens is 429 g/mol. The summed E-state index contributed by atoms with van der Waals surface area (Å²) in [5.41, 5.74) is 1.87. The molecule has 0 fully saturated rings. The molecule has 7 heteroatoms. The van der Waals surface area contributed by atoms with E-state index in [1.54, 1.807) is 0 Å². The quantitative estimate of drug-likeness (QED) is 0.207. The first-order valence-corrected chi connectivity index (χ1v) is 8.73. The zero-order valence-corrected chi connectivity index (χ0v) is 18.0. The lowest BCUT2D eigenvalue weighted by Gasteiger charge is -2.11. The molecule has 0 atom stereocenters. The number of guanidine groups is 1. The maximum atomic E-state index is 11.7. The maximum absolute atomic E-state index is 11.7. The zero-order valence-electron chi connectivity index (χ0n) is 15.7. The number of amides is 2. The van der Waals surface area contributed by atoms with Gasteiger partial charge in [0, 0.05) is 24.8 Å². The van der Waals surface area contributed by atoms with Gasteiger partial charge in [-0.2, -0.15) is 0 Å². The lowest BCUT2D eigenvalue weighted by molar-refractivity contribution is 0.250. The SMILES string of the molecule is CCCCNC(=NCc1ccc(NC(=O)NC(C)C)cc1)NCC.I. The van der Waals surface area contributed by atoms with E-state index in [2.05, 4.69) is 40.1 Å². The van der Waals surface area contributed by atoms with Crippen molar-refractivity contribution in [3.05, 3.63) is 29.8 Å². The second-order valence-electron chi connectivity index (χ2n) is 5.93. The van der Waals surface area contributed by atoms with Gasteiger partial charge in [0.15, 0.2) is 5.96 Å². The molecule has 1 aromatic carbocycles. The highest BCUT2D eigenvalue weighted by Crippen LogP contribution is 2.10. The fraction of sp³-hybridized carbons (Fsp3) is 0.556. The van der Waals surface area contributed by atoms with Crippen LogP contribution in [0.4, 0.5) is 10.5 Å². The molecule has 0 aliphatic rings. The molecule has 0 aliphatic heterocycles. The number of anilines is 1. The van der Waals surface area contributed by atoms with Crippen molar-refractivity contribution in [3.8, 4) is 0 Å². The number of benzene rings is 1. The number of unbranched alkanes of at least 4 members (excludes halogenated alkanes) is 1. The Hall–Kier alpha value is -1.51. The highest BCUT2D eigenvalue weighted by molar-refractivity contribution is 14.0. The van der Waals surface area contributed by atoms with Crippen molar-refractivity contribution in [1.29, 1.82) is 0 Å². The van der Waals surface area contributed by atoms with Crippen LogP contribution in [0.5, 0.6) is 0 Å². The van der Waals surface area contributed by atoms with Gasteiger partial charge < -0.3 is 21.3 Å². The Labute approximate surface area is 168 Å². The van der Waals surface area contributed by atoms with E-state index < -0.39 is 0 Å². The topological polar surface area (TPSA) is 77.5 Å². The minimum Gasteiger partial charge on any atom is -0.357 e. The van der Waals surface area contributed by atoms with Gasteiger partial charge in [-0.3, -0.25) is 0 Å². The highest BCUT2D eigenvalue weighted by atomic mass is 127. The number of hydrogen-bond acceptors (Lipinski definition) is 2. The van der Waals surface area contributed by atoms with Crippen LogP contribution in [-0.4, -0.2) is 31.1 Å². The van der Waals surface area contributed by atoms with E-state index in [0.717, 1.165) is 43.1 Å². The van der Waals surface area contributed by atoms with E-state index in [1.165, 1.54) is 0 Å². The molecule has 25 heavy (non-hydrogen) atoms. The van der Waals surface area contributed by atoms with Crippen molar-refractivity contribution >= 4 is 41.7 Å². The fourth-order valence-corrected chi connectivity index (χ4v) is 2.02. The lowest BCUT2D eigenvalue weighted by Crippen LogP contribution is -2.37. The molecule has 142 valence electrons. The highest BCUT2D eigenvalue weighted by Gasteiger charge is 2.03. The first-order chi connectivity index (χ1) is 11.5. The Kier molecular flexibility index (Phi) is 12.9. The van der Waals surface area contributed by atoms with Crippen LogP contribution in [0.2, 0.25) is 0 Å². The Morgan fingerprint density at radius 2 is 1.80 bits per heavy atom. The number of urea groups is 1. The Morgan fingerprint density at radius 3 is 2.36 bits per heavy atom. The normalized spacial score (nSPS) is 10.8. The molecule has 0 aromatic heterocycles. The van der Waals surface area contributed by atoms with Gasteiger partial charge in [0.2, 0.25) is 0 Å². The van der Waals surface area contributed by atoms with Crippen LogP contribution in [0.1, 0.15) is 46.1 Å². The standard InChI is InChI=1S/C18H31N5O.HI/c1-5-7-12-20-17(19-6-2)21-13-15-8-10-16(11-9-15)23-18(24)22-14(3)4;/h8-11,14H,5-7,12-13H2,1-4H3,(H2,19,20,21)(H2,22,23,24);1H. The number of aliphatic imine (C=N–C) groups is 1. The van der Waals surface area contributed by atoms with Crippen molar-refractivity contribution in [2.45, 2.75) is 53.1 Å². The van der Waals surface area contributed by atoms with Gasteiger partial charge in [-0.1, -0.05) is 25.5 Å². The van der Waals surface area contributed by atoms with E-state index in [0.29, 0.717) is 6.54 Å². The van der Waals surface area contributed by atoms with E-state index in [4.69, 9.17) is 0 Å². The molecule has 0 spiro atoms. The van der Waals surface area contributed by atoms with E-state index >= 15 is 0 Å². The number of rotatable bonds is 8. The van der Waals surface area contributed by atoms with Crippen molar-refractivity contribution in [1.82, 2.24) is 16.0 Å². The van der Waals surface area contributed by atoms with Crippen LogP contribution in [0.25, 0.3) is 0 Å². The number of nitrogens with zero attached hydrogens (tertiary/aromatic N) is 1. The summed E-state index contributed by atoms with van der Waals surface area (Å²) in [6.07, 6.45) is 2.29. The molecule has 0 heterocycles. The van der Waals surface area contributed by atoms with Crippen LogP contribution in [0.3, 0.4) is 0 Å².